The van der Waals surface area contributed by atoms with Crippen LogP contribution in [-0.2, 0) is 9.47 Å². The van der Waals surface area contributed by atoms with Gasteiger partial charge in [0.25, 0.3) is 0 Å². The lowest BCUT2D eigenvalue weighted by molar-refractivity contribution is -0.109. The zero-order valence-corrected chi connectivity index (χ0v) is 15.0. The minimum absolute atomic E-state index is 0.172. The predicted octanol–water partition coefficient (Wildman–Crippen LogP) is 4.51. The summed E-state index contributed by atoms with van der Waals surface area (Å²) in [5.41, 5.74) is 1.30. The molecule has 0 amide bonds. The van der Waals surface area contributed by atoms with E-state index in [1.807, 2.05) is 6.07 Å². The van der Waals surface area contributed by atoms with Gasteiger partial charge < -0.3 is 9.47 Å². The average molecular weight is 305 g/mol. The molecule has 0 spiro atoms. The monoisotopic (exact) mass is 304 g/mol. The van der Waals surface area contributed by atoms with Crippen LogP contribution in [0.15, 0.2) is 30.3 Å². The van der Waals surface area contributed by atoms with Crippen LogP contribution in [0.4, 0.5) is 0 Å². The van der Waals surface area contributed by atoms with Gasteiger partial charge in [0.1, 0.15) is 0 Å². The van der Waals surface area contributed by atoms with Gasteiger partial charge in [-0.2, -0.15) is 0 Å². The van der Waals surface area contributed by atoms with E-state index in [2.05, 4.69) is 55.7 Å². The van der Waals surface area contributed by atoms with E-state index in [4.69, 9.17) is 9.47 Å². The summed E-state index contributed by atoms with van der Waals surface area (Å²) >= 11 is 0. The molecule has 0 heterocycles. The van der Waals surface area contributed by atoms with Crippen molar-refractivity contribution in [3.63, 3.8) is 0 Å². The molecule has 0 aromatic heterocycles. The summed E-state index contributed by atoms with van der Waals surface area (Å²) in [6, 6.07) is 11.6. The molecule has 0 bridgehead atoms. The van der Waals surface area contributed by atoms with Crippen molar-refractivity contribution in [1.82, 2.24) is 0 Å². The Morgan fingerprint density at radius 2 is 1.62 bits per heavy atom. The molecule has 0 saturated heterocycles. The Morgan fingerprint density at radius 1 is 1.00 bits per heavy atom. The van der Waals surface area contributed by atoms with Gasteiger partial charge in [-0.3, -0.25) is 0 Å². The standard InChI is InChI=1S/C18H28O2Si/c1-19-18(20-2)15-17(16-11-7-6-8-12-16)13-9-10-14-21(3,4)5/h6-8,11-12,17-18H,13-15H2,1-5H3/t17-/m0/s1. The highest BCUT2D eigenvalue weighted by atomic mass is 28.3. The summed E-state index contributed by atoms with van der Waals surface area (Å²) in [6.45, 7) is 7.05. The summed E-state index contributed by atoms with van der Waals surface area (Å²) in [6.07, 6.45) is 1.52. The van der Waals surface area contributed by atoms with Gasteiger partial charge in [-0.05, 0) is 11.5 Å². The molecular weight excluding hydrogens is 276 g/mol. The lowest BCUT2D eigenvalue weighted by atomic mass is 9.92. The molecule has 3 heteroatoms. The van der Waals surface area contributed by atoms with E-state index in [1.165, 1.54) is 5.56 Å². The lowest BCUT2D eigenvalue weighted by Crippen LogP contribution is -2.18. The van der Waals surface area contributed by atoms with Crippen LogP contribution >= 0.6 is 0 Å². The van der Waals surface area contributed by atoms with Crippen LogP contribution in [0, 0.1) is 11.8 Å². The summed E-state index contributed by atoms with van der Waals surface area (Å²) in [5, 5.41) is 0. The third-order valence-electron chi connectivity index (χ3n) is 3.37. The van der Waals surface area contributed by atoms with Crippen molar-refractivity contribution in [2.75, 3.05) is 14.2 Å². The molecule has 0 aliphatic carbocycles. The van der Waals surface area contributed by atoms with Gasteiger partial charge in [0, 0.05) is 33.1 Å². The van der Waals surface area contributed by atoms with Gasteiger partial charge in [0.2, 0.25) is 0 Å². The van der Waals surface area contributed by atoms with Gasteiger partial charge in [-0.1, -0.05) is 50.0 Å². The van der Waals surface area contributed by atoms with Crippen LogP contribution in [0.2, 0.25) is 25.7 Å². The van der Waals surface area contributed by atoms with Crippen molar-refractivity contribution in [2.45, 2.75) is 50.7 Å². The Kier molecular flexibility index (Phi) is 7.74. The maximum Gasteiger partial charge on any atom is 0.157 e. The number of benzene rings is 1. The fourth-order valence-corrected chi connectivity index (χ4v) is 2.76. The third-order valence-corrected chi connectivity index (χ3v) is 4.60. The minimum Gasteiger partial charge on any atom is -0.356 e. The third kappa shape index (κ3) is 7.47. The topological polar surface area (TPSA) is 18.5 Å². The second-order valence-electron chi connectivity index (χ2n) is 6.54. The Hall–Kier alpha value is -1.08. The second kappa shape index (κ2) is 9.04. The predicted molar refractivity (Wildman–Crippen MR) is 92.2 cm³/mol. The highest BCUT2D eigenvalue weighted by Crippen LogP contribution is 2.25. The second-order valence-corrected chi connectivity index (χ2v) is 12.0. The highest BCUT2D eigenvalue weighted by Gasteiger charge is 2.17. The molecule has 1 rings (SSSR count). The number of methoxy groups -OCH3 is 2. The van der Waals surface area contributed by atoms with Gasteiger partial charge >= 0.3 is 0 Å². The van der Waals surface area contributed by atoms with E-state index >= 15 is 0 Å². The molecule has 1 atom stereocenters. The van der Waals surface area contributed by atoms with Crippen molar-refractivity contribution >= 4 is 8.07 Å². The fourth-order valence-electron chi connectivity index (χ4n) is 2.11. The van der Waals surface area contributed by atoms with Crippen LogP contribution in [0.5, 0.6) is 0 Å². The molecule has 1 aromatic rings. The largest absolute Gasteiger partial charge is 0.356 e. The Morgan fingerprint density at radius 3 is 2.14 bits per heavy atom. The number of hydrogen-bond acceptors (Lipinski definition) is 2. The van der Waals surface area contributed by atoms with Crippen molar-refractivity contribution < 1.29 is 9.47 Å². The first kappa shape index (κ1) is 18.0. The summed E-state index contributed by atoms with van der Waals surface area (Å²) in [5.74, 6) is 7.08. The summed E-state index contributed by atoms with van der Waals surface area (Å²) in [4.78, 5) is 0. The number of hydrogen-bond donors (Lipinski definition) is 0. The Bertz CT molecular complexity index is 450. The molecule has 0 aliphatic heterocycles. The normalized spacial score (nSPS) is 12.9. The smallest absolute Gasteiger partial charge is 0.157 e. The first-order valence-corrected chi connectivity index (χ1v) is 11.2. The van der Waals surface area contributed by atoms with Crippen LogP contribution in [0.25, 0.3) is 0 Å². The van der Waals surface area contributed by atoms with Gasteiger partial charge in [-0.25, -0.2) is 0 Å². The van der Waals surface area contributed by atoms with Crippen LogP contribution in [0.3, 0.4) is 0 Å². The Labute approximate surface area is 130 Å². The first-order valence-electron chi connectivity index (χ1n) is 7.52. The molecule has 0 saturated carbocycles. The van der Waals surface area contributed by atoms with Gasteiger partial charge in [0.15, 0.2) is 6.29 Å². The zero-order valence-electron chi connectivity index (χ0n) is 14.0. The number of ether oxygens (including phenoxy) is 2. The molecule has 0 aliphatic rings. The van der Waals surface area contributed by atoms with E-state index in [0.717, 1.165) is 18.9 Å². The summed E-state index contributed by atoms with van der Waals surface area (Å²) < 4.78 is 10.7. The minimum atomic E-state index is -1.08. The molecule has 0 unspecified atom stereocenters. The number of rotatable bonds is 7. The van der Waals surface area contributed by atoms with Gasteiger partial charge in [0.05, 0.1) is 8.07 Å². The lowest BCUT2D eigenvalue weighted by Gasteiger charge is -2.20. The molecule has 1 aromatic carbocycles. The van der Waals surface area contributed by atoms with E-state index in [0.29, 0.717) is 5.92 Å². The van der Waals surface area contributed by atoms with Crippen molar-refractivity contribution in [2.24, 2.45) is 0 Å². The SMILES string of the molecule is COC(C[C@H](CC#CC[Si](C)(C)C)c1ccccc1)OC. The average Bonchev–Trinajstić information content (AvgIpc) is 2.46. The van der Waals surface area contributed by atoms with Crippen LogP contribution < -0.4 is 0 Å². The van der Waals surface area contributed by atoms with E-state index < -0.39 is 8.07 Å². The molecule has 116 valence electrons. The van der Waals surface area contributed by atoms with Crippen LogP contribution in [0.1, 0.15) is 24.3 Å². The molecule has 0 radical (unpaired) electrons. The fraction of sp³-hybridized carbons (Fsp3) is 0.556. The van der Waals surface area contributed by atoms with Crippen molar-refractivity contribution in [3.05, 3.63) is 35.9 Å². The first-order chi connectivity index (χ1) is 9.96. The molecule has 2 nitrogen and oxygen atoms in total. The molecule has 0 fully saturated rings. The summed E-state index contributed by atoms with van der Waals surface area (Å²) in [7, 11) is 2.30. The van der Waals surface area contributed by atoms with Gasteiger partial charge in [-0.15, -0.1) is 11.8 Å². The quantitative estimate of drug-likeness (QED) is 0.419. The van der Waals surface area contributed by atoms with Crippen molar-refractivity contribution in [1.29, 1.82) is 0 Å². The maximum atomic E-state index is 5.35. The van der Waals surface area contributed by atoms with Crippen molar-refractivity contribution in [3.8, 4) is 11.8 Å². The zero-order chi connectivity index (χ0) is 15.7. The van der Waals surface area contributed by atoms with E-state index in [9.17, 15) is 0 Å². The maximum absolute atomic E-state index is 5.35. The highest BCUT2D eigenvalue weighted by molar-refractivity contribution is 6.76. The van der Waals surface area contributed by atoms with E-state index in [1.54, 1.807) is 14.2 Å². The molecule has 21 heavy (non-hydrogen) atoms. The Balaban J connectivity index is 2.73. The molecular formula is C18H28O2Si. The molecule has 0 N–H and O–H groups in total. The van der Waals surface area contributed by atoms with Crippen LogP contribution in [-0.4, -0.2) is 28.6 Å². The van der Waals surface area contributed by atoms with E-state index in [-0.39, 0.29) is 6.29 Å².